The minimum atomic E-state index is -0.445. The predicted octanol–water partition coefficient (Wildman–Crippen LogP) is 4.35. The number of aromatic nitrogens is 3. The number of fused-ring (bicyclic) bond motifs is 1. The smallest absolute Gasteiger partial charge is 0.240 e. The van der Waals surface area contributed by atoms with Crippen LogP contribution in [0.25, 0.3) is 11.4 Å². The van der Waals surface area contributed by atoms with Crippen molar-refractivity contribution in [3.05, 3.63) is 90.5 Å². The van der Waals surface area contributed by atoms with Crippen LogP contribution in [-0.4, -0.2) is 33.1 Å². The van der Waals surface area contributed by atoms with E-state index in [9.17, 15) is 4.79 Å². The molecule has 0 bridgehead atoms. The number of anilines is 1. The van der Waals surface area contributed by atoms with Crippen molar-refractivity contribution in [2.45, 2.75) is 16.4 Å². The largest absolute Gasteiger partial charge is 0.497 e. The van der Waals surface area contributed by atoms with Gasteiger partial charge in [0.15, 0.2) is 5.82 Å². The Kier molecular flexibility index (Phi) is 5.51. The van der Waals surface area contributed by atoms with Gasteiger partial charge in [-0.25, -0.2) is 4.68 Å². The second kappa shape index (κ2) is 8.76. The summed E-state index contributed by atoms with van der Waals surface area (Å²) in [7, 11) is 1.61. The van der Waals surface area contributed by atoms with Crippen LogP contribution in [0.5, 0.6) is 5.75 Å². The van der Waals surface area contributed by atoms with Crippen molar-refractivity contribution in [1.82, 2.24) is 14.9 Å². The van der Waals surface area contributed by atoms with Crippen LogP contribution in [0.4, 0.5) is 5.69 Å². The second-order valence-corrected chi connectivity index (χ2v) is 8.39. The van der Waals surface area contributed by atoms with Gasteiger partial charge in [-0.3, -0.25) is 4.79 Å². The molecule has 0 spiro atoms. The molecule has 8 heteroatoms. The van der Waals surface area contributed by atoms with Crippen molar-refractivity contribution in [2.75, 3.05) is 17.9 Å². The van der Waals surface area contributed by atoms with E-state index in [-0.39, 0.29) is 11.9 Å². The zero-order chi connectivity index (χ0) is 21.9. The van der Waals surface area contributed by atoms with E-state index in [4.69, 9.17) is 4.74 Å². The number of ether oxygens (including phenoxy) is 1. The molecule has 4 aromatic rings. The summed E-state index contributed by atoms with van der Waals surface area (Å²) in [5, 5.41) is 11.9. The molecule has 2 N–H and O–H groups in total. The van der Waals surface area contributed by atoms with Crippen LogP contribution in [-0.2, 0) is 4.79 Å². The van der Waals surface area contributed by atoms with E-state index >= 15 is 0 Å². The highest BCUT2D eigenvalue weighted by molar-refractivity contribution is 8.00. The van der Waals surface area contributed by atoms with Crippen LogP contribution in [0.3, 0.4) is 0 Å². The molecule has 0 saturated heterocycles. The van der Waals surface area contributed by atoms with Gasteiger partial charge < -0.3 is 15.5 Å². The first-order valence-electron chi connectivity index (χ1n) is 10.2. The third kappa shape index (κ3) is 3.92. The Bertz CT molecular complexity index is 1210. The average molecular weight is 444 g/mol. The van der Waals surface area contributed by atoms with Gasteiger partial charge in [-0.2, -0.15) is 0 Å². The van der Waals surface area contributed by atoms with Crippen LogP contribution in [0.15, 0.2) is 90.1 Å². The molecular formula is C24H21N5O2S. The standard InChI is InChI=1S/C24H21N5O2S/c1-31-19-14-12-18(13-15-19)25-23(30)21-20(16-8-4-2-5-9-16)28-29-22(26-27-24(29)32-21)17-10-6-3-7-11-17/h2-15,20-21,28H,1H3,(H,25,30). The van der Waals surface area contributed by atoms with E-state index in [2.05, 4.69) is 20.9 Å². The molecule has 0 fully saturated rings. The lowest BCUT2D eigenvalue weighted by atomic mass is 10.0. The molecule has 1 aliphatic rings. The Balaban J connectivity index is 1.47. The van der Waals surface area contributed by atoms with Crippen LogP contribution < -0.4 is 15.5 Å². The van der Waals surface area contributed by atoms with Gasteiger partial charge >= 0.3 is 0 Å². The maximum Gasteiger partial charge on any atom is 0.240 e. The van der Waals surface area contributed by atoms with Crippen molar-refractivity contribution in [3.63, 3.8) is 0 Å². The van der Waals surface area contributed by atoms with Crippen molar-refractivity contribution in [3.8, 4) is 17.1 Å². The Morgan fingerprint density at radius 2 is 1.66 bits per heavy atom. The van der Waals surface area contributed by atoms with Crippen molar-refractivity contribution in [1.29, 1.82) is 0 Å². The molecule has 1 aromatic heterocycles. The lowest BCUT2D eigenvalue weighted by Crippen LogP contribution is -2.41. The highest BCUT2D eigenvalue weighted by atomic mass is 32.2. The van der Waals surface area contributed by atoms with Gasteiger partial charge in [-0.1, -0.05) is 72.4 Å². The first kappa shape index (κ1) is 20.1. The number of nitrogens with one attached hydrogen (secondary N) is 2. The summed E-state index contributed by atoms with van der Waals surface area (Å²) in [6.07, 6.45) is 0. The molecule has 3 aromatic carbocycles. The van der Waals surface area contributed by atoms with E-state index in [1.165, 1.54) is 11.8 Å². The third-order valence-electron chi connectivity index (χ3n) is 5.24. The number of hydrogen-bond donors (Lipinski definition) is 2. The molecular weight excluding hydrogens is 422 g/mol. The molecule has 5 rings (SSSR count). The van der Waals surface area contributed by atoms with Gasteiger partial charge in [0, 0.05) is 11.3 Å². The molecule has 160 valence electrons. The molecule has 0 radical (unpaired) electrons. The summed E-state index contributed by atoms with van der Waals surface area (Å²) in [6, 6.07) is 26.8. The number of methoxy groups -OCH3 is 1. The number of nitrogens with zero attached hydrogens (tertiary/aromatic N) is 3. The molecule has 1 aliphatic heterocycles. The van der Waals surface area contributed by atoms with E-state index < -0.39 is 5.25 Å². The zero-order valence-corrected chi connectivity index (χ0v) is 18.1. The fraction of sp³-hybridized carbons (Fsp3) is 0.125. The Morgan fingerprint density at radius 1 is 0.969 bits per heavy atom. The molecule has 0 aliphatic carbocycles. The molecule has 2 atom stereocenters. The van der Waals surface area contributed by atoms with Gasteiger partial charge in [-0.15, -0.1) is 10.2 Å². The van der Waals surface area contributed by atoms with Crippen LogP contribution in [0.2, 0.25) is 0 Å². The minimum absolute atomic E-state index is 0.114. The third-order valence-corrected chi connectivity index (χ3v) is 6.46. The lowest BCUT2D eigenvalue weighted by molar-refractivity contribution is -0.116. The quantitative estimate of drug-likeness (QED) is 0.477. The topological polar surface area (TPSA) is 81.1 Å². The Morgan fingerprint density at radius 3 is 2.34 bits per heavy atom. The fourth-order valence-corrected chi connectivity index (χ4v) is 4.71. The number of benzene rings is 3. The molecule has 0 saturated carbocycles. The summed E-state index contributed by atoms with van der Waals surface area (Å²) in [6.45, 7) is 0. The van der Waals surface area contributed by atoms with E-state index in [1.54, 1.807) is 7.11 Å². The molecule has 2 heterocycles. The fourth-order valence-electron chi connectivity index (χ4n) is 3.63. The SMILES string of the molecule is COc1ccc(NC(=O)C2Sc3nnc(-c4ccccc4)n3NC2c2ccccc2)cc1. The predicted molar refractivity (Wildman–Crippen MR) is 125 cm³/mol. The summed E-state index contributed by atoms with van der Waals surface area (Å²) in [5.74, 6) is 1.33. The summed E-state index contributed by atoms with van der Waals surface area (Å²) in [4.78, 5) is 13.3. The first-order chi connectivity index (χ1) is 15.7. The van der Waals surface area contributed by atoms with Crippen molar-refractivity contribution in [2.24, 2.45) is 0 Å². The number of carbonyl (C=O) groups excluding carboxylic acids is 1. The summed E-state index contributed by atoms with van der Waals surface area (Å²) in [5.41, 5.74) is 6.15. The van der Waals surface area contributed by atoms with Gasteiger partial charge in [0.1, 0.15) is 11.0 Å². The average Bonchev–Trinajstić information content (AvgIpc) is 3.28. The molecule has 1 amide bonds. The monoisotopic (exact) mass is 443 g/mol. The van der Waals surface area contributed by atoms with E-state index in [1.807, 2.05) is 89.6 Å². The number of carbonyl (C=O) groups is 1. The first-order valence-corrected chi connectivity index (χ1v) is 11.0. The Hall–Kier alpha value is -3.78. The Labute approximate surface area is 189 Å². The van der Waals surface area contributed by atoms with Crippen molar-refractivity contribution < 1.29 is 9.53 Å². The van der Waals surface area contributed by atoms with E-state index in [0.717, 1.165) is 16.9 Å². The van der Waals surface area contributed by atoms with E-state index in [0.29, 0.717) is 16.7 Å². The minimum Gasteiger partial charge on any atom is -0.497 e. The van der Waals surface area contributed by atoms with Gasteiger partial charge in [-0.05, 0) is 29.8 Å². The lowest BCUT2D eigenvalue weighted by Gasteiger charge is -2.33. The van der Waals surface area contributed by atoms with Crippen LogP contribution in [0, 0.1) is 0 Å². The highest BCUT2D eigenvalue weighted by Crippen LogP contribution is 2.39. The normalized spacial score (nSPS) is 17.2. The summed E-state index contributed by atoms with van der Waals surface area (Å²) >= 11 is 1.40. The summed E-state index contributed by atoms with van der Waals surface area (Å²) < 4.78 is 7.07. The second-order valence-electron chi connectivity index (χ2n) is 7.28. The van der Waals surface area contributed by atoms with Gasteiger partial charge in [0.2, 0.25) is 11.1 Å². The van der Waals surface area contributed by atoms with Gasteiger partial charge in [0.05, 0.1) is 13.2 Å². The number of hydrogen-bond acceptors (Lipinski definition) is 6. The molecule has 32 heavy (non-hydrogen) atoms. The molecule has 7 nitrogen and oxygen atoms in total. The zero-order valence-electron chi connectivity index (χ0n) is 17.3. The highest BCUT2D eigenvalue weighted by Gasteiger charge is 2.38. The molecule has 2 unspecified atom stereocenters. The van der Waals surface area contributed by atoms with Crippen molar-refractivity contribution >= 4 is 23.4 Å². The maximum atomic E-state index is 13.3. The van der Waals surface area contributed by atoms with Crippen LogP contribution in [0.1, 0.15) is 11.6 Å². The maximum absolute atomic E-state index is 13.3. The number of thioether (sulfide) groups is 1. The number of amides is 1. The van der Waals surface area contributed by atoms with Crippen LogP contribution >= 0.6 is 11.8 Å². The number of rotatable bonds is 5. The van der Waals surface area contributed by atoms with Gasteiger partial charge in [0.25, 0.3) is 0 Å².